The van der Waals surface area contributed by atoms with Crippen LogP contribution in [0.3, 0.4) is 0 Å². The van der Waals surface area contributed by atoms with Crippen molar-refractivity contribution in [3.8, 4) is 0 Å². The number of amides is 2. The highest BCUT2D eigenvalue weighted by molar-refractivity contribution is 6.02. The lowest BCUT2D eigenvalue weighted by molar-refractivity contribution is -0.132. The van der Waals surface area contributed by atoms with E-state index >= 15 is 0 Å². The van der Waals surface area contributed by atoms with Crippen LogP contribution >= 0.6 is 0 Å². The van der Waals surface area contributed by atoms with Gasteiger partial charge in [-0.1, -0.05) is 36.4 Å². The topological polar surface area (TPSA) is 133 Å². The number of anilines is 2. The maximum atomic E-state index is 11.1. The van der Waals surface area contributed by atoms with E-state index in [4.69, 9.17) is 10.2 Å². The molecule has 0 aliphatic heterocycles. The fraction of sp³-hybridized carbons (Fsp3) is 0. The normalized spacial score (nSPS) is 10.0. The molecular weight excluding hydrogens is 364 g/mol. The highest BCUT2D eigenvalue weighted by atomic mass is 16.4. The van der Waals surface area contributed by atoms with Gasteiger partial charge in [0.1, 0.15) is 0 Å². The van der Waals surface area contributed by atoms with Crippen LogP contribution in [0.5, 0.6) is 0 Å². The third kappa shape index (κ3) is 10.6. The monoisotopic (exact) mass is 382 g/mol. The number of carbonyl (C=O) groups excluding carboxylic acids is 2. The molecule has 2 rings (SSSR count). The van der Waals surface area contributed by atoms with Crippen LogP contribution in [-0.2, 0) is 19.2 Å². The number of carboxylic acids is 2. The summed E-state index contributed by atoms with van der Waals surface area (Å²) in [5, 5.41) is 21.5. The van der Waals surface area contributed by atoms with Gasteiger partial charge in [-0.25, -0.2) is 9.59 Å². The average Bonchev–Trinajstić information content (AvgIpc) is 2.67. The first-order valence-electron chi connectivity index (χ1n) is 7.91. The standard InChI is InChI=1S/2C10H9NO3/c2*12-9(6-7-10(13)14)11-8-4-2-1-3-5-8/h2*1-7H,(H,11,12)(H,13,14). The molecule has 0 atom stereocenters. The average molecular weight is 382 g/mol. The van der Waals surface area contributed by atoms with E-state index in [9.17, 15) is 19.2 Å². The van der Waals surface area contributed by atoms with Gasteiger partial charge in [0.05, 0.1) is 0 Å². The largest absolute Gasteiger partial charge is 0.478 e. The fourth-order valence-electron chi connectivity index (χ4n) is 1.70. The van der Waals surface area contributed by atoms with Crippen LogP contribution in [-0.4, -0.2) is 34.0 Å². The lowest BCUT2D eigenvalue weighted by Gasteiger charge is -1.99. The predicted molar refractivity (Wildman–Crippen MR) is 104 cm³/mol. The Kier molecular flexibility index (Phi) is 9.52. The van der Waals surface area contributed by atoms with E-state index in [0.29, 0.717) is 11.4 Å². The van der Waals surface area contributed by atoms with E-state index in [-0.39, 0.29) is 0 Å². The zero-order valence-electron chi connectivity index (χ0n) is 14.6. The molecule has 0 unspecified atom stereocenters. The van der Waals surface area contributed by atoms with Crippen LogP contribution in [0, 0.1) is 0 Å². The molecule has 8 heteroatoms. The molecule has 2 aromatic rings. The summed E-state index contributed by atoms with van der Waals surface area (Å²) in [6, 6.07) is 17.6. The number of hydrogen-bond donors (Lipinski definition) is 4. The summed E-state index contributed by atoms with van der Waals surface area (Å²) in [5.74, 6) is -3.21. The number of carboxylic acid groups (broad SMARTS) is 2. The van der Waals surface area contributed by atoms with E-state index in [2.05, 4.69) is 10.6 Å². The van der Waals surface area contributed by atoms with Crippen molar-refractivity contribution in [1.82, 2.24) is 0 Å². The molecule has 0 aliphatic rings. The van der Waals surface area contributed by atoms with Gasteiger partial charge in [-0.05, 0) is 24.3 Å². The third-order valence-corrected chi connectivity index (χ3v) is 2.84. The second kappa shape index (κ2) is 12.2. The van der Waals surface area contributed by atoms with Gasteiger partial charge in [-0.15, -0.1) is 0 Å². The summed E-state index contributed by atoms with van der Waals surface area (Å²) >= 11 is 0. The van der Waals surface area contributed by atoms with Crippen molar-refractivity contribution in [1.29, 1.82) is 0 Å². The molecule has 0 heterocycles. The molecule has 0 radical (unpaired) electrons. The molecule has 4 N–H and O–H groups in total. The molecule has 0 bridgehead atoms. The highest BCUT2D eigenvalue weighted by Gasteiger charge is 1.97. The first kappa shape index (κ1) is 21.8. The maximum Gasteiger partial charge on any atom is 0.328 e. The first-order chi connectivity index (χ1) is 13.4. The number of nitrogens with one attached hydrogen (secondary N) is 2. The molecule has 0 spiro atoms. The fourth-order valence-corrected chi connectivity index (χ4v) is 1.70. The number of para-hydroxylation sites is 2. The van der Waals surface area contributed by atoms with E-state index in [1.165, 1.54) is 0 Å². The Morgan fingerprint density at radius 2 is 0.893 bits per heavy atom. The molecule has 0 fully saturated rings. The number of rotatable bonds is 6. The SMILES string of the molecule is O=C(O)C=CC(=O)Nc1ccccc1.O=C(O)C=CC(=O)Nc1ccccc1. The van der Waals surface area contributed by atoms with Crippen molar-refractivity contribution in [3.63, 3.8) is 0 Å². The Balaban J connectivity index is 0.000000280. The summed E-state index contributed by atoms with van der Waals surface area (Å²) in [7, 11) is 0. The first-order valence-corrected chi connectivity index (χ1v) is 7.91. The lowest BCUT2D eigenvalue weighted by atomic mass is 10.3. The minimum Gasteiger partial charge on any atom is -0.478 e. The van der Waals surface area contributed by atoms with Crippen molar-refractivity contribution >= 4 is 35.1 Å². The quantitative estimate of drug-likeness (QED) is 0.568. The Bertz CT molecular complexity index is 787. The Labute approximate surface area is 160 Å². The maximum absolute atomic E-state index is 11.1. The number of hydrogen-bond acceptors (Lipinski definition) is 4. The predicted octanol–water partition coefficient (Wildman–Crippen LogP) is 2.53. The zero-order valence-corrected chi connectivity index (χ0v) is 14.6. The van der Waals surface area contributed by atoms with Crippen LogP contribution in [0.25, 0.3) is 0 Å². The van der Waals surface area contributed by atoms with Crippen molar-refractivity contribution in [2.24, 2.45) is 0 Å². The summed E-state index contributed by atoms with van der Waals surface area (Å²) < 4.78 is 0. The van der Waals surface area contributed by atoms with Crippen molar-refractivity contribution in [2.45, 2.75) is 0 Å². The summed E-state index contributed by atoms with van der Waals surface area (Å²) in [4.78, 5) is 42.3. The molecule has 0 aromatic heterocycles. The lowest BCUT2D eigenvalue weighted by Crippen LogP contribution is -2.08. The van der Waals surface area contributed by atoms with Gasteiger partial charge in [0.2, 0.25) is 11.8 Å². The Morgan fingerprint density at radius 3 is 1.18 bits per heavy atom. The zero-order chi connectivity index (χ0) is 20.8. The number of carbonyl (C=O) groups is 4. The van der Waals surface area contributed by atoms with Crippen LogP contribution in [0.4, 0.5) is 11.4 Å². The number of benzene rings is 2. The van der Waals surface area contributed by atoms with Crippen molar-refractivity contribution in [2.75, 3.05) is 10.6 Å². The summed E-state index contributed by atoms with van der Waals surface area (Å²) in [6.45, 7) is 0. The molecule has 28 heavy (non-hydrogen) atoms. The molecular formula is C20H18N2O6. The van der Waals surface area contributed by atoms with E-state index in [1.807, 2.05) is 12.1 Å². The minimum atomic E-state index is -1.15. The second-order valence-corrected chi connectivity index (χ2v) is 5.05. The van der Waals surface area contributed by atoms with Crippen molar-refractivity contribution < 1.29 is 29.4 Å². The minimum absolute atomic E-state index is 0.460. The Morgan fingerprint density at radius 1 is 0.571 bits per heavy atom. The Hall–Kier alpha value is -4.20. The van der Waals surface area contributed by atoms with Crippen LogP contribution in [0.2, 0.25) is 0 Å². The van der Waals surface area contributed by atoms with Crippen LogP contribution < -0.4 is 10.6 Å². The van der Waals surface area contributed by atoms with Gasteiger partial charge in [0, 0.05) is 35.7 Å². The molecule has 0 saturated heterocycles. The molecule has 0 saturated carbocycles. The molecule has 8 nitrogen and oxygen atoms in total. The molecule has 144 valence electrons. The second-order valence-electron chi connectivity index (χ2n) is 5.05. The van der Waals surface area contributed by atoms with E-state index < -0.39 is 23.8 Å². The molecule has 2 amide bonds. The molecule has 0 aliphatic carbocycles. The van der Waals surface area contributed by atoms with E-state index in [0.717, 1.165) is 24.3 Å². The van der Waals surface area contributed by atoms with E-state index in [1.54, 1.807) is 48.5 Å². The van der Waals surface area contributed by atoms with Gasteiger partial charge in [0.15, 0.2) is 0 Å². The summed E-state index contributed by atoms with van der Waals surface area (Å²) in [5.41, 5.74) is 1.26. The third-order valence-electron chi connectivity index (χ3n) is 2.84. The molecule has 2 aromatic carbocycles. The van der Waals surface area contributed by atoms with Gasteiger partial charge in [-0.2, -0.15) is 0 Å². The van der Waals surface area contributed by atoms with Gasteiger partial charge < -0.3 is 20.8 Å². The van der Waals surface area contributed by atoms with Crippen LogP contribution in [0.15, 0.2) is 85.0 Å². The van der Waals surface area contributed by atoms with Crippen LogP contribution in [0.1, 0.15) is 0 Å². The summed E-state index contributed by atoms with van der Waals surface area (Å²) in [6.07, 6.45) is 3.52. The van der Waals surface area contributed by atoms with Gasteiger partial charge >= 0.3 is 11.9 Å². The van der Waals surface area contributed by atoms with Gasteiger partial charge in [0.25, 0.3) is 0 Å². The number of aliphatic carboxylic acids is 2. The highest BCUT2D eigenvalue weighted by Crippen LogP contribution is 2.05. The smallest absolute Gasteiger partial charge is 0.328 e. The van der Waals surface area contributed by atoms with Crippen molar-refractivity contribution in [3.05, 3.63) is 85.0 Å². The van der Waals surface area contributed by atoms with Gasteiger partial charge in [-0.3, -0.25) is 9.59 Å².